The Labute approximate surface area is 179 Å². The Hall–Kier alpha value is -2.96. The third kappa shape index (κ3) is 4.91. The Morgan fingerprint density at radius 1 is 1.10 bits per heavy atom. The molecule has 6 nitrogen and oxygen atoms in total. The number of rotatable bonds is 5. The number of benzene rings is 2. The van der Waals surface area contributed by atoms with E-state index in [1.165, 1.54) is 4.90 Å². The van der Waals surface area contributed by atoms with Gasteiger partial charge in [0.15, 0.2) is 0 Å². The van der Waals surface area contributed by atoms with Crippen LogP contribution in [-0.4, -0.2) is 30.1 Å². The van der Waals surface area contributed by atoms with Crippen molar-refractivity contribution in [1.82, 2.24) is 9.88 Å². The summed E-state index contributed by atoms with van der Waals surface area (Å²) in [7, 11) is 3.21. The molecule has 0 radical (unpaired) electrons. The molecule has 3 rings (SSSR count). The predicted octanol–water partition coefficient (Wildman–Crippen LogP) is 5.23. The van der Waals surface area contributed by atoms with Crippen molar-refractivity contribution in [3.63, 3.8) is 0 Å². The van der Waals surface area contributed by atoms with E-state index in [2.05, 4.69) is 10.3 Å². The minimum atomic E-state index is -0.524. The van der Waals surface area contributed by atoms with E-state index < -0.39 is 12.1 Å². The highest BCUT2D eigenvalue weighted by Gasteiger charge is 2.24. The molecule has 0 saturated carbocycles. The van der Waals surface area contributed by atoms with E-state index in [1.54, 1.807) is 50.6 Å². The summed E-state index contributed by atoms with van der Waals surface area (Å²) in [5, 5.41) is 4.21. The molecule has 3 aromatic rings. The maximum Gasteiger partial charge on any atom is 0.414 e. The molecule has 29 heavy (non-hydrogen) atoms. The van der Waals surface area contributed by atoms with Gasteiger partial charge >= 0.3 is 6.09 Å². The fourth-order valence-corrected chi connectivity index (χ4v) is 3.15. The van der Waals surface area contributed by atoms with Gasteiger partial charge in [-0.25, -0.2) is 9.78 Å². The number of ether oxygens (including phenoxy) is 1. The van der Waals surface area contributed by atoms with E-state index in [0.29, 0.717) is 38.4 Å². The zero-order chi connectivity index (χ0) is 21.0. The highest BCUT2D eigenvalue weighted by Crippen LogP contribution is 2.39. The van der Waals surface area contributed by atoms with Crippen LogP contribution in [0.4, 0.5) is 16.3 Å². The Morgan fingerprint density at radius 3 is 2.59 bits per heavy atom. The van der Waals surface area contributed by atoms with Crippen LogP contribution in [0.1, 0.15) is 17.2 Å². The van der Waals surface area contributed by atoms with Crippen LogP contribution in [0.2, 0.25) is 10.0 Å². The van der Waals surface area contributed by atoms with Crippen LogP contribution in [0.15, 0.2) is 60.8 Å². The van der Waals surface area contributed by atoms with Crippen molar-refractivity contribution in [2.75, 3.05) is 25.1 Å². The fraction of sp³-hybridized carbons (Fsp3) is 0.143. The molecular weight excluding hydrogens is 411 g/mol. The first-order chi connectivity index (χ1) is 13.9. The van der Waals surface area contributed by atoms with Gasteiger partial charge in [-0.3, -0.25) is 0 Å². The molecule has 3 N–H and O–H groups in total. The van der Waals surface area contributed by atoms with Gasteiger partial charge in [0.1, 0.15) is 11.6 Å². The molecule has 150 valence electrons. The van der Waals surface area contributed by atoms with Crippen molar-refractivity contribution in [2.24, 2.45) is 0 Å². The SMILES string of the molecule is CN(C)C(=O)Oc1ccc(Cl)cc1C(Nc1ccccn1)c1cccc(N)c1Cl. The number of nitrogens with one attached hydrogen (secondary N) is 1. The van der Waals surface area contributed by atoms with Crippen LogP contribution in [0.25, 0.3) is 0 Å². The van der Waals surface area contributed by atoms with Gasteiger partial charge < -0.3 is 20.7 Å². The van der Waals surface area contributed by atoms with Crippen LogP contribution in [0, 0.1) is 0 Å². The third-order valence-electron chi connectivity index (χ3n) is 4.17. The first-order valence-electron chi connectivity index (χ1n) is 8.77. The van der Waals surface area contributed by atoms with Gasteiger partial charge in [0.2, 0.25) is 0 Å². The van der Waals surface area contributed by atoms with Gasteiger partial charge in [0, 0.05) is 30.9 Å². The summed E-state index contributed by atoms with van der Waals surface area (Å²) < 4.78 is 5.57. The lowest BCUT2D eigenvalue weighted by Crippen LogP contribution is -2.26. The number of nitrogens with zero attached hydrogens (tertiary/aromatic N) is 2. The van der Waals surface area contributed by atoms with Crippen LogP contribution >= 0.6 is 23.2 Å². The summed E-state index contributed by atoms with van der Waals surface area (Å²) >= 11 is 12.8. The lowest BCUT2D eigenvalue weighted by Gasteiger charge is -2.24. The Morgan fingerprint density at radius 2 is 1.90 bits per heavy atom. The smallest absolute Gasteiger partial charge is 0.410 e. The maximum atomic E-state index is 12.2. The molecule has 1 atom stereocenters. The lowest BCUT2D eigenvalue weighted by atomic mass is 9.97. The summed E-state index contributed by atoms with van der Waals surface area (Å²) in [6.07, 6.45) is 1.16. The molecule has 2 aromatic carbocycles. The van der Waals surface area contributed by atoms with Crippen LogP contribution in [0.3, 0.4) is 0 Å². The number of hydrogen-bond acceptors (Lipinski definition) is 5. The fourth-order valence-electron chi connectivity index (χ4n) is 2.73. The third-order valence-corrected chi connectivity index (χ3v) is 4.84. The van der Waals surface area contributed by atoms with Gasteiger partial charge in [0.05, 0.1) is 16.8 Å². The van der Waals surface area contributed by atoms with Crippen molar-refractivity contribution >= 4 is 40.8 Å². The molecule has 0 saturated heterocycles. The van der Waals surface area contributed by atoms with E-state index in [4.69, 9.17) is 33.7 Å². The second kappa shape index (κ2) is 9.03. The minimum absolute atomic E-state index is 0.347. The second-order valence-corrected chi connectivity index (χ2v) is 7.30. The molecule has 0 aliphatic carbocycles. The Bertz CT molecular complexity index is 1010. The van der Waals surface area contributed by atoms with Gasteiger partial charge in [-0.15, -0.1) is 0 Å². The number of carbonyl (C=O) groups excluding carboxylic acids is 1. The second-order valence-electron chi connectivity index (χ2n) is 6.49. The highest BCUT2D eigenvalue weighted by molar-refractivity contribution is 6.34. The van der Waals surface area contributed by atoms with E-state index in [-0.39, 0.29) is 0 Å². The first kappa shape index (κ1) is 20.8. The standard InChI is InChI=1S/C21H20Cl2N4O2/c1-27(2)21(28)29-17-10-9-13(22)12-15(17)20(26-18-8-3-4-11-25-18)14-6-5-7-16(24)19(14)23/h3-12,20H,24H2,1-2H3,(H,25,26). The summed E-state index contributed by atoms with van der Waals surface area (Å²) in [4.78, 5) is 17.8. The molecule has 8 heteroatoms. The minimum Gasteiger partial charge on any atom is -0.410 e. The zero-order valence-corrected chi connectivity index (χ0v) is 17.4. The molecule has 0 spiro atoms. The largest absolute Gasteiger partial charge is 0.414 e. The number of nitrogen functional groups attached to an aromatic ring is 1. The molecule has 1 unspecified atom stereocenters. The van der Waals surface area contributed by atoms with Gasteiger partial charge in [0.25, 0.3) is 0 Å². The van der Waals surface area contributed by atoms with Gasteiger partial charge in [-0.1, -0.05) is 41.4 Å². The number of anilines is 2. The van der Waals surface area contributed by atoms with Crippen LogP contribution in [0.5, 0.6) is 5.75 Å². The number of halogens is 2. The molecule has 1 heterocycles. The Balaban J connectivity index is 2.14. The molecule has 0 aliphatic rings. The van der Waals surface area contributed by atoms with E-state index in [0.717, 1.165) is 0 Å². The summed E-state index contributed by atoms with van der Waals surface area (Å²) in [5.41, 5.74) is 7.77. The van der Waals surface area contributed by atoms with Gasteiger partial charge in [-0.2, -0.15) is 0 Å². The Kier molecular flexibility index (Phi) is 6.46. The van der Waals surface area contributed by atoms with Crippen LogP contribution in [-0.2, 0) is 0 Å². The quantitative estimate of drug-likeness (QED) is 0.541. The number of nitrogens with two attached hydrogens (primary N) is 1. The van der Waals surface area contributed by atoms with Gasteiger partial charge in [-0.05, 0) is 42.0 Å². The molecule has 0 bridgehead atoms. The van der Waals surface area contributed by atoms with E-state index in [1.807, 2.05) is 24.3 Å². The zero-order valence-electron chi connectivity index (χ0n) is 15.9. The van der Waals surface area contributed by atoms with Crippen molar-refractivity contribution in [3.05, 3.63) is 82.0 Å². The average Bonchev–Trinajstić information content (AvgIpc) is 2.70. The summed E-state index contributed by atoms with van der Waals surface area (Å²) in [5.74, 6) is 0.959. The van der Waals surface area contributed by atoms with Crippen molar-refractivity contribution in [3.8, 4) is 5.75 Å². The summed E-state index contributed by atoms with van der Waals surface area (Å²) in [6, 6.07) is 15.4. The number of pyridine rings is 1. The first-order valence-corrected chi connectivity index (χ1v) is 9.52. The van der Waals surface area contributed by atoms with E-state index >= 15 is 0 Å². The normalized spacial score (nSPS) is 11.6. The topological polar surface area (TPSA) is 80.5 Å². The molecular formula is C21H20Cl2N4O2. The molecule has 0 aliphatic heterocycles. The van der Waals surface area contributed by atoms with Crippen molar-refractivity contribution in [1.29, 1.82) is 0 Å². The number of carbonyl (C=O) groups is 1. The monoisotopic (exact) mass is 430 g/mol. The number of aromatic nitrogens is 1. The summed E-state index contributed by atoms with van der Waals surface area (Å²) in [6.45, 7) is 0. The number of amides is 1. The van der Waals surface area contributed by atoms with Crippen molar-refractivity contribution in [2.45, 2.75) is 6.04 Å². The maximum absolute atomic E-state index is 12.2. The average molecular weight is 431 g/mol. The van der Waals surface area contributed by atoms with Crippen LogP contribution < -0.4 is 15.8 Å². The van der Waals surface area contributed by atoms with E-state index in [9.17, 15) is 4.79 Å². The molecule has 1 amide bonds. The van der Waals surface area contributed by atoms with Crippen molar-refractivity contribution < 1.29 is 9.53 Å². The lowest BCUT2D eigenvalue weighted by molar-refractivity contribution is 0.171. The highest BCUT2D eigenvalue weighted by atomic mass is 35.5. The molecule has 1 aromatic heterocycles. The predicted molar refractivity (Wildman–Crippen MR) is 117 cm³/mol. The number of hydrogen-bond donors (Lipinski definition) is 2. The molecule has 0 fully saturated rings.